The number of hydrogen-bond donors (Lipinski definition) is 1. The Balaban J connectivity index is 1.65. The number of hydrogen-bond acceptors (Lipinski definition) is 4. The molecule has 0 aliphatic carbocycles. The number of likely N-dealkylation sites (N-methyl/N-ethyl adjacent to an activating group) is 1. The van der Waals surface area contributed by atoms with E-state index in [4.69, 9.17) is 4.52 Å². The summed E-state index contributed by atoms with van der Waals surface area (Å²) in [6, 6.07) is 18.2. The van der Waals surface area contributed by atoms with Crippen LogP contribution in [0.25, 0.3) is 11.3 Å². The highest BCUT2D eigenvalue weighted by molar-refractivity contribution is 6.02. The highest BCUT2D eigenvalue weighted by Gasteiger charge is 2.14. The van der Waals surface area contributed by atoms with Crippen molar-refractivity contribution in [2.24, 2.45) is 0 Å². The van der Waals surface area contributed by atoms with Gasteiger partial charge in [0.05, 0.1) is 6.42 Å². The smallest absolute Gasteiger partial charge is 0.294 e. The van der Waals surface area contributed by atoms with E-state index in [1.807, 2.05) is 42.5 Å². The molecular weight excluding hydrogens is 330 g/mol. The first-order chi connectivity index (χ1) is 12.5. The van der Waals surface area contributed by atoms with E-state index in [1.165, 1.54) is 0 Å². The summed E-state index contributed by atoms with van der Waals surface area (Å²) >= 11 is 0. The molecule has 0 atom stereocenters. The Kier molecular flexibility index (Phi) is 5.12. The summed E-state index contributed by atoms with van der Waals surface area (Å²) in [5.41, 5.74) is 2.99. The Morgan fingerprint density at radius 3 is 2.38 bits per heavy atom. The third kappa shape index (κ3) is 4.16. The molecule has 0 saturated carbocycles. The lowest BCUT2D eigenvalue weighted by Gasteiger charge is -2.10. The molecule has 3 rings (SSSR count). The minimum atomic E-state index is -0.378. The molecule has 6 heteroatoms. The second-order valence-electron chi connectivity index (χ2n) is 6.06. The Bertz CT molecular complexity index is 900. The van der Waals surface area contributed by atoms with E-state index in [1.54, 1.807) is 37.2 Å². The van der Waals surface area contributed by atoms with Crippen LogP contribution in [-0.4, -0.2) is 36.0 Å². The highest BCUT2D eigenvalue weighted by atomic mass is 16.5. The Morgan fingerprint density at radius 2 is 1.73 bits per heavy atom. The number of amides is 2. The van der Waals surface area contributed by atoms with Crippen molar-refractivity contribution in [2.75, 3.05) is 19.4 Å². The van der Waals surface area contributed by atoms with Crippen LogP contribution in [0.1, 0.15) is 16.1 Å². The topological polar surface area (TPSA) is 75.4 Å². The van der Waals surface area contributed by atoms with Crippen LogP contribution in [0.15, 0.2) is 65.2 Å². The third-order valence-corrected chi connectivity index (χ3v) is 3.87. The molecule has 1 heterocycles. The van der Waals surface area contributed by atoms with Gasteiger partial charge in [0.2, 0.25) is 11.7 Å². The Morgan fingerprint density at radius 1 is 1.04 bits per heavy atom. The molecule has 0 spiro atoms. The summed E-state index contributed by atoms with van der Waals surface area (Å²) in [5, 5.41) is 6.69. The predicted molar refractivity (Wildman–Crippen MR) is 98.7 cm³/mol. The largest absolute Gasteiger partial charge is 0.350 e. The zero-order valence-corrected chi connectivity index (χ0v) is 14.6. The third-order valence-electron chi connectivity index (χ3n) is 3.87. The van der Waals surface area contributed by atoms with Gasteiger partial charge >= 0.3 is 0 Å². The van der Waals surface area contributed by atoms with Gasteiger partial charge in [-0.1, -0.05) is 47.6 Å². The molecule has 1 N–H and O–H groups in total. The summed E-state index contributed by atoms with van der Waals surface area (Å²) in [6.45, 7) is 0. The van der Waals surface area contributed by atoms with Crippen LogP contribution in [0.2, 0.25) is 0 Å². The molecule has 2 aromatic carbocycles. The van der Waals surface area contributed by atoms with Crippen LogP contribution in [0.3, 0.4) is 0 Å². The number of carbonyl (C=O) groups is 2. The minimum absolute atomic E-state index is 0.0249. The maximum Gasteiger partial charge on any atom is 0.294 e. The lowest BCUT2D eigenvalue weighted by atomic mass is 10.1. The Hall–Kier alpha value is -3.41. The maximum absolute atomic E-state index is 12.3. The van der Waals surface area contributed by atoms with E-state index in [2.05, 4.69) is 10.5 Å². The molecule has 0 saturated heterocycles. The van der Waals surface area contributed by atoms with Gasteiger partial charge in [-0.3, -0.25) is 9.59 Å². The van der Waals surface area contributed by atoms with E-state index in [0.29, 0.717) is 17.8 Å². The monoisotopic (exact) mass is 349 g/mol. The van der Waals surface area contributed by atoms with Crippen molar-refractivity contribution in [1.82, 2.24) is 10.1 Å². The van der Waals surface area contributed by atoms with Crippen LogP contribution < -0.4 is 5.32 Å². The van der Waals surface area contributed by atoms with Gasteiger partial charge in [-0.25, -0.2) is 0 Å². The second kappa shape index (κ2) is 7.65. The van der Waals surface area contributed by atoms with Gasteiger partial charge in [0, 0.05) is 31.4 Å². The van der Waals surface area contributed by atoms with Crippen molar-refractivity contribution in [3.63, 3.8) is 0 Å². The molecule has 0 unspecified atom stereocenters. The molecule has 6 nitrogen and oxygen atoms in total. The van der Waals surface area contributed by atoms with E-state index in [0.717, 1.165) is 11.1 Å². The molecule has 2 amide bonds. The quantitative estimate of drug-likeness (QED) is 0.767. The van der Waals surface area contributed by atoms with Crippen molar-refractivity contribution < 1.29 is 14.1 Å². The zero-order valence-electron chi connectivity index (χ0n) is 14.6. The first kappa shape index (κ1) is 17.4. The number of anilines is 1. The molecule has 132 valence electrons. The molecule has 26 heavy (non-hydrogen) atoms. The average molecular weight is 349 g/mol. The van der Waals surface area contributed by atoms with Crippen molar-refractivity contribution in [2.45, 2.75) is 6.42 Å². The lowest BCUT2D eigenvalue weighted by molar-refractivity contribution is -0.127. The summed E-state index contributed by atoms with van der Waals surface area (Å²) in [5.74, 6) is -0.218. The van der Waals surface area contributed by atoms with Crippen molar-refractivity contribution >= 4 is 17.5 Å². The fourth-order valence-corrected chi connectivity index (χ4v) is 2.36. The highest BCUT2D eigenvalue weighted by Crippen LogP contribution is 2.19. The summed E-state index contributed by atoms with van der Waals surface area (Å²) in [4.78, 5) is 25.6. The van der Waals surface area contributed by atoms with Gasteiger partial charge in [0.15, 0.2) is 0 Å². The summed E-state index contributed by atoms with van der Waals surface area (Å²) in [6.07, 6.45) is 0.323. The number of benzene rings is 2. The molecule has 0 aliphatic heterocycles. The fraction of sp³-hybridized carbons (Fsp3) is 0.150. The number of rotatable bonds is 5. The normalized spacial score (nSPS) is 10.4. The Labute approximate surface area is 151 Å². The van der Waals surface area contributed by atoms with E-state index < -0.39 is 0 Å². The summed E-state index contributed by atoms with van der Waals surface area (Å²) in [7, 11) is 3.44. The fourth-order valence-electron chi connectivity index (χ4n) is 2.36. The van der Waals surface area contributed by atoms with Crippen LogP contribution in [0, 0.1) is 0 Å². The first-order valence-corrected chi connectivity index (χ1v) is 8.15. The molecule has 3 aromatic rings. The lowest BCUT2D eigenvalue weighted by Crippen LogP contribution is -2.23. The number of nitrogens with zero attached hydrogens (tertiary/aromatic N) is 2. The zero-order chi connectivity index (χ0) is 18.5. The maximum atomic E-state index is 12.3. The van der Waals surface area contributed by atoms with Gasteiger partial charge in [0.25, 0.3) is 5.91 Å². The molecule has 1 aromatic heterocycles. The van der Waals surface area contributed by atoms with Crippen LogP contribution in [-0.2, 0) is 11.2 Å². The second-order valence-corrected chi connectivity index (χ2v) is 6.06. The molecule has 0 radical (unpaired) electrons. The first-order valence-electron chi connectivity index (χ1n) is 8.15. The van der Waals surface area contributed by atoms with Gasteiger partial charge < -0.3 is 14.7 Å². The number of aromatic nitrogens is 1. The van der Waals surface area contributed by atoms with Gasteiger partial charge in [-0.05, 0) is 17.7 Å². The van der Waals surface area contributed by atoms with Gasteiger partial charge in [0.1, 0.15) is 5.69 Å². The molecule has 0 aliphatic rings. The van der Waals surface area contributed by atoms with Crippen LogP contribution >= 0.6 is 0 Å². The SMILES string of the molecule is CN(C)C(=O)Cc1ccc(NC(=O)c2cc(-c3ccccc3)no2)cc1. The molecule has 0 bridgehead atoms. The molecular formula is C20H19N3O3. The predicted octanol–water partition coefficient (Wildman–Crippen LogP) is 3.22. The van der Waals surface area contributed by atoms with E-state index >= 15 is 0 Å². The molecule has 0 fully saturated rings. The minimum Gasteiger partial charge on any atom is -0.350 e. The average Bonchev–Trinajstić information content (AvgIpc) is 3.14. The van der Waals surface area contributed by atoms with Crippen LogP contribution in [0.5, 0.6) is 0 Å². The van der Waals surface area contributed by atoms with Crippen LogP contribution in [0.4, 0.5) is 5.69 Å². The van der Waals surface area contributed by atoms with Crippen molar-refractivity contribution in [1.29, 1.82) is 0 Å². The summed E-state index contributed by atoms with van der Waals surface area (Å²) < 4.78 is 5.14. The van der Waals surface area contributed by atoms with Crippen molar-refractivity contribution in [3.05, 3.63) is 72.0 Å². The number of nitrogens with one attached hydrogen (secondary N) is 1. The van der Waals surface area contributed by atoms with Crippen molar-refractivity contribution in [3.8, 4) is 11.3 Å². The van der Waals surface area contributed by atoms with Gasteiger partial charge in [-0.15, -0.1) is 0 Å². The van der Waals surface area contributed by atoms with Gasteiger partial charge in [-0.2, -0.15) is 0 Å². The van der Waals surface area contributed by atoms with E-state index in [9.17, 15) is 9.59 Å². The number of carbonyl (C=O) groups excluding carboxylic acids is 2. The standard InChI is InChI=1S/C20H19N3O3/c1-23(2)19(24)12-14-8-10-16(11-9-14)21-20(25)18-13-17(22-26-18)15-6-4-3-5-7-15/h3-11,13H,12H2,1-2H3,(H,21,25). The van der Waals surface area contributed by atoms with E-state index in [-0.39, 0.29) is 17.6 Å².